The minimum Gasteiger partial charge on any atom is -0.393 e. The highest BCUT2D eigenvalue weighted by Crippen LogP contribution is 2.67. The summed E-state index contributed by atoms with van der Waals surface area (Å²) in [6.07, 6.45) is 7.68. The highest BCUT2D eigenvalue weighted by Gasteiger charge is 2.67. The number of allylic oxidation sites excluding steroid dienone is 4. The van der Waals surface area contributed by atoms with Crippen molar-refractivity contribution >= 4 is 11.6 Å². The summed E-state index contributed by atoms with van der Waals surface area (Å²) in [5.41, 5.74) is -1.54. The summed E-state index contributed by atoms with van der Waals surface area (Å²) < 4.78 is 0. The molecule has 5 heteroatoms. The average molecular weight is 360 g/mol. The van der Waals surface area contributed by atoms with E-state index in [1.165, 1.54) is 0 Å². The molecule has 0 aliphatic heterocycles. The zero-order chi connectivity index (χ0) is 18.9. The standard InChI is InChI=1S/C21H28O5/c1-19-7-5-13(23)9-12(19)3-4-14-15-6-8-21(26,17(25)11-22)20(15,2)10-16(24)18(14)19/h5,7,9,14-16,18,22,24,26H,3-4,6,8,10-11H2,1-2H3/t14-,15-,16+,18+,19+,20+,21-/m1/s1. The molecular weight excluding hydrogens is 332 g/mol. The van der Waals surface area contributed by atoms with Crippen LogP contribution in [0.4, 0.5) is 0 Å². The number of fused-ring (bicyclic) bond motifs is 5. The van der Waals surface area contributed by atoms with Crippen molar-refractivity contribution in [1.82, 2.24) is 0 Å². The molecule has 0 saturated heterocycles. The second-order valence-corrected chi connectivity index (χ2v) is 9.19. The van der Waals surface area contributed by atoms with Gasteiger partial charge in [0.05, 0.1) is 6.10 Å². The third-order valence-corrected chi connectivity index (χ3v) is 8.25. The van der Waals surface area contributed by atoms with Crippen LogP contribution >= 0.6 is 0 Å². The lowest BCUT2D eigenvalue weighted by Gasteiger charge is -2.59. The number of rotatable bonds is 2. The van der Waals surface area contributed by atoms with Crippen LogP contribution in [0.3, 0.4) is 0 Å². The fourth-order valence-electron chi connectivity index (χ4n) is 6.92. The monoisotopic (exact) mass is 360 g/mol. The van der Waals surface area contributed by atoms with Gasteiger partial charge in [0, 0.05) is 16.7 Å². The minimum atomic E-state index is -1.56. The second kappa shape index (κ2) is 5.60. The molecule has 0 amide bonds. The first-order chi connectivity index (χ1) is 12.2. The van der Waals surface area contributed by atoms with Gasteiger partial charge in [0.1, 0.15) is 12.2 Å². The first-order valence-corrected chi connectivity index (χ1v) is 9.66. The molecule has 142 valence electrons. The van der Waals surface area contributed by atoms with Gasteiger partial charge >= 0.3 is 0 Å². The number of hydrogen-bond acceptors (Lipinski definition) is 5. The lowest BCUT2D eigenvalue weighted by Crippen LogP contribution is -2.61. The van der Waals surface area contributed by atoms with E-state index in [4.69, 9.17) is 0 Å². The predicted molar refractivity (Wildman–Crippen MR) is 95.0 cm³/mol. The van der Waals surface area contributed by atoms with Crippen molar-refractivity contribution in [2.24, 2.45) is 28.6 Å². The Morgan fingerprint density at radius 1 is 1.31 bits per heavy atom. The molecule has 0 spiro atoms. The summed E-state index contributed by atoms with van der Waals surface area (Å²) in [5.74, 6) is -0.227. The largest absolute Gasteiger partial charge is 0.393 e. The van der Waals surface area contributed by atoms with Crippen LogP contribution in [0.25, 0.3) is 0 Å². The molecule has 3 fully saturated rings. The molecule has 0 bridgehead atoms. The third-order valence-electron chi connectivity index (χ3n) is 8.25. The van der Waals surface area contributed by atoms with E-state index in [-0.39, 0.29) is 29.0 Å². The van der Waals surface area contributed by atoms with Gasteiger partial charge in [-0.25, -0.2) is 0 Å². The summed E-state index contributed by atoms with van der Waals surface area (Å²) in [4.78, 5) is 24.2. The van der Waals surface area contributed by atoms with Crippen molar-refractivity contribution in [1.29, 1.82) is 0 Å². The molecule has 26 heavy (non-hydrogen) atoms. The quantitative estimate of drug-likeness (QED) is 0.695. The van der Waals surface area contributed by atoms with Crippen molar-refractivity contribution in [3.05, 3.63) is 23.8 Å². The number of aliphatic hydroxyl groups is 3. The van der Waals surface area contributed by atoms with E-state index in [0.717, 1.165) is 24.8 Å². The first kappa shape index (κ1) is 18.1. The van der Waals surface area contributed by atoms with Gasteiger partial charge in [-0.1, -0.05) is 25.5 Å². The Bertz CT molecular complexity index is 724. The zero-order valence-corrected chi connectivity index (χ0v) is 15.4. The van der Waals surface area contributed by atoms with Crippen molar-refractivity contribution in [3.63, 3.8) is 0 Å². The number of carbonyl (C=O) groups excluding carboxylic acids is 2. The second-order valence-electron chi connectivity index (χ2n) is 9.19. The molecule has 3 saturated carbocycles. The molecule has 0 aromatic carbocycles. The lowest BCUT2D eigenvalue weighted by molar-refractivity contribution is -0.178. The van der Waals surface area contributed by atoms with Gasteiger partial charge in [-0.3, -0.25) is 9.59 Å². The summed E-state index contributed by atoms with van der Waals surface area (Å²) in [5, 5.41) is 31.7. The lowest BCUT2D eigenvalue weighted by atomic mass is 9.46. The number of carbonyl (C=O) groups is 2. The van der Waals surface area contributed by atoms with Crippen LogP contribution in [-0.2, 0) is 9.59 Å². The maximum absolute atomic E-state index is 12.4. The SMILES string of the molecule is C[C@]12C=CC(=O)C=C1CC[C@H]1[C@H]2[C@@H](O)C[C@@]2(C)[C@@H]1CC[C@@]2(O)C(=O)CO. The van der Waals surface area contributed by atoms with E-state index in [1.807, 2.05) is 13.0 Å². The first-order valence-electron chi connectivity index (χ1n) is 9.66. The highest BCUT2D eigenvalue weighted by molar-refractivity contribution is 6.01. The van der Waals surface area contributed by atoms with Gasteiger partial charge in [0.15, 0.2) is 11.6 Å². The molecule has 7 atom stereocenters. The Morgan fingerprint density at radius 3 is 2.73 bits per heavy atom. The number of aliphatic hydroxyl groups excluding tert-OH is 2. The normalized spacial score (nSPS) is 49.9. The van der Waals surface area contributed by atoms with Crippen LogP contribution < -0.4 is 0 Å². The van der Waals surface area contributed by atoms with E-state index in [0.29, 0.717) is 12.8 Å². The molecule has 5 nitrogen and oxygen atoms in total. The Kier molecular flexibility index (Phi) is 3.89. The van der Waals surface area contributed by atoms with Crippen LogP contribution in [0, 0.1) is 28.6 Å². The van der Waals surface area contributed by atoms with Crippen LogP contribution in [0.1, 0.15) is 46.0 Å². The summed E-state index contributed by atoms with van der Waals surface area (Å²) in [7, 11) is 0. The maximum atomic E-state index is 12.4. The summed E-state index contributed by atoms with van der Waals surface area (Å²) >= 11 is 0. The van der Waals surface area contributed by atoms with Crippen LogP contribution in [-0.4, -0.2) is 45.2 Å². The highest BCUT2D eigenvalue weighted by atomic mass is 16.3. The number of ketones is 2. The summed E-state index contributed by atoms with van der Waals surface area (Å²) in [6, 6.07) is 0. The van der Waals surface area contributed by atoms with Gasteiger partial charge in [0.25, 0.3) is 0 Å². The third kappa shape index (κ3) is 2.08. The number of hydrogen-bond donors (Lipinski definition) is 3. The van der Waals surface area contributed by atoms with E-state index in [1.54, 1.807) is 12.2 Å². The topological polar surface area (TPSA) is 94.8 Å². The van der Waals surface area contributed by atoms with Crippen LogP contribution in [0.15, 0.2) is 23.8 Å². The minimum absolute atomic E-state index is 0.00912. The smallest absolute Gasteiger partial charge is 0.190 e. The molecule has 4 rings (SSSR count). The van der Waals surface area contributed by atoms with Gasteiger partial charge in [-0.2, -0.15) is 0 Å². The van der Waals surface area contributed by atoms with Gasteiger partial charge in [0.2, 0.25) is 0 Å². The van der Waals surface area contributed by atoms with E-state index < -0.39 is 29.5 Å². The van der Waals surface area contributed by atoms with Crippen molar-refractivity contribution < 1.29 is 24.9 Å². The molecule has 3 N–H and O–H groups in total. The van der Waals surface area contributed by atoms with Gasteiger partial charge < -0.3 is 15.3 Å². The van der Waals surface area contributed by atoms with Crippen molar-refractivity contribution in [3.8, 4) is 0 Å². The van der Waals surface area contributed by atoms with Crippen molar-refractivity contribution in [2.45, 2.75) is 57.7 Å². The van der Waals surface area contributed by atoms with E-state index in [2.05, 4.69) is 6.92 Å². The maximum Gasteiger partial charge on any atom is 0.190 e. The molecule has 4 aliphatic rings. The molecular formula is C21H28O5. The molecule has 0 aromatic rings. The van der Waals surface area contributed by atoms with Crippen LogP contribution in [0.2, 0.25) is 0 Å². The Balaban J connectivity index is 1.75. The Labute approximate surface area is 153 Å². The van der Waals surface area contributed by atoms with Gasteiger partial charge in [-0.05, 0) is 56.1 Å². The summed E-state index contributed by atoms with van der Waals surface area (Å²) in [6.45, 7) is 3.34. The molecule has 0 aromatic heterocycles. The molecule has 0 unspecified atom stereocenters. The molecule has 4 aliphatic carbocycles. The Morgan fingerprint density at radius 2 is 2.04 bits per heavy atom. The predicted octanol–water partition coefficient (Wildman–Crippen LogP) is 1.56. The fraction of sp³-hybridized carbons (Fsp3) is 0.714. The van der Waals surface area contributed by atoms with E-state index >= 15 is 0 Å². The van der Waals surface area contributed by atoms with Crippen LogP contribution in [0.5, 0.6) is 0 Å². The number of Topliss-reactive ketones (excluding diaryl/α,β-unsaturated/α-hetero) is 1. The molecule has 0 heterocycles. The van der Waals surface area contributed by atoms with Gasteiger partial charge in [-0.15, -0.1) is 0 Å². The average Bonchev–Trinajstić information content (AvgIpc) is 2.86. The fourth-order valence-corrected chi connectivity index (χ4v) is 6.92. The van der Waals surface area contributed by atoms with E-state index in [9.17, 15) is 24.9 Å². The van der Waals surface area contributed by atoms with Crippen molar-refractivity contribution in [2.75, 3.05) is 6.61 Å². The molecule has 0 radical (unpaired) electrons. The Hall–Kier alpha value is -1.30. The zero-order valence-electron chi connectivity index (χ0n) is 15.4.